The Morgan fingerprint density at radius 2 is 2.26 bits per heavy atom. The third-order valence-corrected chi connectivity index (χ3v) is 5.29. The maximum atomic E-state index is 12.4. The lowest BCUT2D eigenvalue weighted by Gasteiger charge is -2.19. The van der Waals surface area contributed by atoms with Gasteiger partial charge in [0.2, 0.25) is 0 Å². The summed E-state index contributed by atoms with van der Waals surface area (Å²) in [5, 5.41) is 7.07. The van der Waals surface area contributed by atoms with Gasteiger partial charge in [-0.1, -0.05) is 12.1 Å². The minimum atomic E-state index is -0.108. The van der Waals surface area contributed by atoms with Crippen LogP contribution in [0.15, 0.2) is 10.6 Å². The minimum absolute atomic E-state index is 0.108. The second-order valence-electron chi connectivity index (χ2n) is 7.39. The zero-order valence-corrected chi connectivity index (χ0v) is 13.7. The molecule has 6 nitrogen and oxygen atoms in total. The highest BCUT2D eigenvalue weighted by Crippen LogP contribution is 2.40. The number of carbonyl (C=O) groups excluding carboxylic acids is 1. The maximum Gasteiger partial charge on any atom is 0.273 e. The van der Waals surface area contributed by atoms with Crippen LogP contribution in [0.5, 0.6) is 0 Å². The number of hydrogen-bond acceptors (Lipinski definition) is 5. The molecular weight excluding hydrogens is 294 g/mol. The van der Waals surface area contributed by atoms with Gasteiger partial charge in [-0.3, -0.25) is 4.79 Å². The van der Waals surface area contributed by atoms with Gasteiger partial charge in [-0.25, -0.2) is 0 Å². The molecule has 126 valence electrons. The van der Waals surface area contributed by atoms with E-state index in [1.165, 1.54) is 0 Å². The average Bonchev–Trinajstić information content (AvgIpc) is 2.94. The first-order chi connectivity index (χ1) is 11.2. The first-order valence-corrected chi connectivity index (χ1v) is 8.76. The fourth-order valence-corrected chi connectivity index (χ4v) is 3.70. The number of nitrogens with one attached hydrogen (secondary N) is 1. The van der Waals surface area contributed by atoms with E-state index in [9.17, 15) is 4.79 Å². The van der Waals surface area contributed by atoms with Gasteiger partial charge in [0.1, 0.15) is 5.76 Å². The molecule has 3 atom stereocenters. The van der Waals surface area contributed by atoms with Crippen molar-refractivity contribution in [3.63, 3.8) is 0 Å². The van der Waals surface area contributed by atoms with E-state index < -0.39 is 0 Å². The van der Waals surface area contributed by atoms with E-state index in [0.29, 0.717) is 23.4 Å². The second-order valence-corrected chi connectivity index (χ2v) is 7.39. The van der Waals surface area contributed by atoms with Gasteiger partial charge in [0.05, 0.1) is 6.61 Å². The lowest BCUT2D eigenvalue weighted by atomic mass is 10.1. The number of nitrogens with zero attached hydrogens (tertiary/aromatic N) is 2. The number of aromatic nitrogens is 1. The van der Waals surface area contributed by atoms with E-state index in [1.54, 1.807) is 6.07 Å². The molecule has 1 aliphatic carbocycles. The Bertz CT molecular complexity index is 563. The van der Waals surface area contributed by atoms with Crippen LogP contribution in [-0.4, -0.2) is 54.9 Å². The molecule has 2 aliphatic heterocycles. The van der Waals surface area contributed by atoms with E-state index >= 15 is 0 Å². The van der Waals surface area contributed by atoms with Gasteiger partial charge in [-0.15, -0.1) is 0 Å². The van der Waals surface area contributed by atoms with Crippen molar-refractivity contribution < 1.29 is 14.1 Å². The zero-order chi connectivity index (χ0) is 15.8. The van der Waals surface area contributed by atoms with E-state index in [2.05, 4.69) is 22.3 Å². The van der Waals surface area contributed by atoms with Crippen LogP contribution < -0.4 is 5.32 Å². The summed E-state index contributed by atoms with van der Waals surface area (Å²) in [5.41, 5.74) is 0.418. The second kappa shape index (κ2) is 6.24. The Balaban J connectivity index is 1.31. The smallest absolute Gasteiger partial charge is 0.273 e. The molecule has 1 N–H and O–H groups in total. The zero-order valence-electron chi connectivity index (χ0n) is 13.7. The van der Waals surface area contributed by atoms with Crippen LogP contribution in [0.1, 0.15) is 48.4 Å². The first-order valence-electron chi connectivity index (χ1n) is 8.76. The quantitative estimate of drug-likeness (QED) is 0.893. The predicted octanol–water partition coefficient (Wildman–Crippen LogP) is 1.64. The van der Waals surface area contributed by atoms with Crippen molar-refractivity contribution in [1.82, 2.24) is 15.4 Å². The molecule has 0 radical (unpaired) electrons. The summed E-state index contributed by atoms with van der Waals surface area (Å²) in [4.78, 5) is 14.8. The van der Waals surface area contributed by atoms with E-state index in [0.717, 1.165) is 57.9 Å². The molecule has 0 bridgehead atoms. The van der Waals surface area contributed by atoms with Gasteiger partial charge in [-0.2, -0.15) is 0 Å². The number of amides is 1. The third kappa shape index (κ3) is 3.43. The molecule has 1 aromatic rings. The van der Waals surface area contributed by atoms with Crippen LogP contribution in [0.2, 0.25) is 0 Å². The van der Waals surface area contributed by atoms with Crippen molar-refractivity contribution in [3.05, 3.63) is 17.5 Å². The topological polar surface area (TPSA) is 67.6 Å². The highest BCUT2D eigenvalue weighted by Gasteiger charge is 2.34. The summed E-state index contributed by atoms with van der Waals surface area (Å²) in [6.07, 6.45) is 3.45. The summed E-state index contributed by atoms with van der Waals surface area (Å²) < 4.78 is 10.7. The Morgan fingerprint density at radius 3 is 3.00 bits per heavy atom. The van der Waals surface area contributed by atoms with Crippen LogP contribution in [0.4, 0.5) is 0 Å². The van der Waals surface area contributed by atoms with Crippen LogP contribution in [0.3, 0.4) is 0 Å². The van der Waals surface area contributed by atoms with Gasteiger partial charge >= 0.3 is 0 Å². The van der Waals surface area contributed by atoms with Gasteiger partial charge in [0.25, 0.3) is 5.91 Å². The number of hydrogen-bond donors (Lipinski definition) is 1. The van der Waals surface area contributed by atoms with Gasteiger partial charge < -0.3 is 19.5 Å². The highest BCUT2D eigenvalue weighted by atomic mass is 16.5. The fourth-order valence-electron chi connectivity index (χ4n) is 3.70. The number of rotatable bonds is 5. The molecule has 23 heavy (non-hydrogen) atoms. The summed E-state index contributed by atoms with van der Waals surface area (Å²) in [5.74, 6) is 2.34. The fraction of sp³-hybridized carbons (Fsp3) is 0.765. The van der Waals surface area contributed by atoms with E-state index in [1.807, 2.05) is 0 Å². The molecule has 3 aliphatic rings. The van der Waals surface area contributed by atoms with Crippen molar-refractivity contribution in [2.75, 3.05) is 32.8 Å². The van der Waals surface area contributed by atoms with Crippen molar-refractivity contribution in [3.8, 4) is 0 Å². The van der Waals surface area contributed by atoms with Crippen molar-refractivity contribution >= 4 is 5.91 Å². The maximum absolute atomic E-state index is 12.4. The predicted molar refractivity (Wildman–Crippen MR) is 84.3 cm³/mol. The van der Waals surface area contributed by atoms with E-state index in [4.69, 9.17) is 9.26 Å². The number of ether oxygens (including phenoxy) is 1. The Morgan fingerprint density at radius 1 is 1.39 bits per heavy atom. The van der Waals surface area contributed by atoms with Gasteiger partial charge in [0, 0.05) is 44.3 Å². The molecule has 2 saturated heterocycles. The van der Waals surface area contributed by atoms with Crippen molar-refractivity contribution in [1.29, 1.82) is 0 Å². The Hall–Kier alpha value is -1.40. The third-order valence-electron chi connectivity index (χ3n) is 5.29. The molecule has 4 rings (SSSR count). The largest absolute Gasteiger partial charge is 0.381 e. The summed E-state index contributed by atoms with van der Waals surface area (Å²) in [6, 6.07) is 1.99. The molecule has 0 spiro atoms. The monoisotopic (exact) mass is 319 g/mol. The molecule has 1 unspecified atom stereocenters. The summed E-state index contributed by atoms with van der Waals surface area (Å²) in [7, 11) is 0. The Kier molecular flexibility index (Phi) is 4.11. The highest BCUT2D eigenvalue weighted by molar-refractivity contribution is 5.92. The van der Waals surface area contributed by atoms with Crippen LogP contribution in [-0.2, 0) is 4.74 Å². The van der Waals surface area contributed by atoms with Gasteiger partial charge in [-0.05, 0) is 31.1 Å². The number of likely N-dealkylation sites (tertiary alicyclic amines) is 1. The van der Waals surface area contributed by atoms with Crippen LogP contribution in [0, 0.1) is 11.8 Å². The molecule has 3 fully saturated rings. The molecule has 1 amide bonds. The summed E-state index contributed by atoms with van der Waals surface area (Å²) in [6.45, 7) is 7.00. The average molecular weight is 319 g/mol. The minimum Gasteiger partial charge on any atom is -0.381 e. The van der Waals surface area contributed by atoms with Gasteiger partial charge in [0.15, 0.2) is 5.69 Å². The molecular formula is C17H25N3O3. The van der Waals surface area contributed by atoms with Crippen LogP contribution in [0.25, 0.3) is 0 Å². The van der Waals surface area contributed by atoms with Crippen molar-refractivity contribution in [2.45, 2.75) is 38.1 Å². The SMILES string of the molecule is C[C@H]1CN(CC2CCOC2)C[C@H]1NC(=O)c1cc(C2CC2)on1. The summed E-state index contributed by atoms with van der Waals surface area (Å²) >= 11 is 0. The molecule has 3 heterocycles. The normalized spacial score (nSPS) is 31.6. The number of carbonyl (C=O) groups is 1. The van der Waals surface area contributed by atoms with Crippen LogP contribution >= 0.6 is 0 Å². The first kappa shape index (κ1) is 15.1. The lowest BCUT2D eigenvalue weighted by molar-refractivity contribution is 0.0921. The molecule has 0 aromatic carbocycles. The van der Waals surface area contributed by atoms with Crippen molar-refractivity contribution in [2.24, 2.45) is 11.8 Å². The Labute approximate surface area is 136 Å². The standard InChI is InChI=1S/C17H25N3O3/c1-11-7-20(8-12-4-5-22-10-12)9-15(11)18-17(21)14-6-16(23-19-14)13-2-3-13/h6,11-13,15H,2-5,7-10H2,1H3,(H,18,21)/t11-,12?,15+/m0/s1. The molecule has 6 heteroatoms. The molecule has 1 saturated carbocycles. The van der Waals surface area contributed by atoms with E-state index in [-0.39, 0.29) is 11.9 Å². The molecule has 1 aromatic heterocycles. The lowest BCUT2D eigenvalue weighted by Crippen LogP contribution is -2.40.